The number of nitrogens with zero attached hydrogens (tertiary/aromatic N) is 2. The zero-order valence-corrected chi connectivity index (χ0v) is 17.0. The first-order valence-electron chi connectivity index (χ1n) is 10.3. The Morgan fingerprint density at radius 1 is 1.19 bits per heavy atom. The molecule has 3 fully saturated rings. The lowest BCUT2D eigenvalue weighted by Crippen LogP contribution is -2.35. The second-order valence-electron chi connectivity index (χ2n) is 8.43. The fraction of sp³-hybridized carbons (Fsp3) is 0.524. The molecule has 1 aliphatic heterocycles. The van der Waals surface area contributed by atoms with Crippen LogP contribution in [0.15, 0.2) is 18.2 Å². The zero-order chi connectivity index (χ0) is 22.3. The number of fused-ring (bicyclic) bond motifs is 5. The van der Waals surface area contributed by atoms with Gasteiger partial charge < -0.3 is 10.1 Å². The molecule has 0 aromatic heterocycles. The molecule has 3 amide bonds. The highest BCUT2D eigenvalue weighted by Crippen LogP contribution is 2.56. The lowest BCUT2D eigenvalue weighted by Gasteiger charge is -2.19. The molecule has 3 aliphatic rings. The van der Waals surface area contributed by atoms with E-state index >= 15 is 0 Å². The van der Waals surface area contributed by atoms with Crippen LogP contribution < -0.4 is 5.32 Å². The van der Waals surface area contributed by atoms with Crippen molar-refractivity contribution in [2.75, 3.05) is 18.5 Å². The number of nitrogens with one attached hydrogen (secondary N) is 1. The van der Waals surface area contributed by atoms with E-state index in [1.165, 1.54) is 23.1 Å². The maximum Gasteiger partial charge on any atom is 0.308 e. The molecule has 164 valence electrons. The highest BCUT2D eigenvalue weighted by Gasteiger charge is 2.60. The van der Waals surface area contributed by atoms with Gasteiger partial charge in [-0.05, 0) is 44.1 Å². The van der Waals surface area contributed by atoms with Crippen LogP contribution in [0.5, 0.6) is 0 Å². The predicted octanol–water partition coefficient (Wildman–Crippen LogP) is 1.81. The molecule has 4 rings (SSSR count). The van der Waals surface area contributed by atoms with Gasteiger partial charge in [-0.25, -0.2) is 0 Å². The number of ether oxygens (including phenoxy) is 1. The van der Waals surface area contributed by atoms with Gasteiger partial charge in [0.1, 0.15) is 0 Å². The van der Waals surface area contributed by atoms with Gasteiger partial charge in [0.2, 0.25) is 11.8 Å². The van der Waals surface area contributed by atoms with Crippen LogP contribution in [-0.4, -0.2) is 46.7 Å². The minimum atomic E-state index is -0.703. The smallest absolute Gasteiger partial charge is 0.308 e. The van der Waals surface area contributed by atoms with Gasteiger partial charge in [0.25, 0.3) is 11.6 Å². The van der Waals surface area contributed by atoms with Crippen LogP contribution in [0.25, 0.3) is 0 Å². The van der Waals surface area contributed by atoms with E-state index in [1.807, 2.05) is 0 Å². The average Bonchev–Trinajstić information content (AvgIpc) is 3.40. The van der Waals surface area contributed by atoms with Gasteiger partial charge in [-0.1, -0.05) is 6.07 Å². The summed E-state index contributed by atoms with van der Waals surface area (Å²) in [6.07, 6.45) is 2.73. The quantitative estimate of drug-likeness (QED) is 0.302. The third kappa shape index (κ3) is 3.89. The number of hydrogen-bond acceptors (Lipinski definition) is 7. The predicted molar refractivity (Wildman–Crippen MR) is 107 cm³/mol. The second kappa shape index (κ2) is 8.09. The third-order valence-electron chi connectivity index (χ3n) is 6.61. The number of nitro benzene ring substituents is 1. The summed E-state index contributed by atoms with van der Waals surface area (Å²) in [5.74, 6) is -1.62. The van der Waals surface area contributed by atoms with Crippen molar-refractivity contribution >= 4 is 35.1 Å². The molecule has 4 atom stereocenters. The molecule has 10 nitrogen and oxygen atoms in total. The number of nitro groups is 1. The summed E-state index contributed by atoms with van der Waals surface area (Å²) in [7, 11) is 0. The maximum atomic E-state index is 12.6. The Bertz CT molecular complexity index is 948. The monoisotopic (exact) mass is 429 g/mol. The number of amides is 3. The first-order chi connectivity index (χ1) is 14.8. The van der Waals surface area contributed by atoms with Gasteiger partial charge in [0.05, 0.1) is 23.2 Å². The number of carbonyl (C=O) groups is 4. The van der Waals surface area contributed by atoms with E-state index in [4.69, 9.17) is 4.74 Å². The van der Waals surface area contributed by atoms with Crippen molar-refractivity contribution in [3.63, 3.8) is 0 Å². The Morgan fingerprint density at radius 3 is 2.45 bits per heavy atom. The van der Waals surface area contributed by atoms with E-state index in [-0.39, 0.29) is 59.8 Å². The highest BCUT2D eigenvalue weighted by atomic mass is 16.6. The Kier molecular flexibility index (Phi) is 5.47. The second-order valence-corrected chi connectivity index (χ2v) is 8.43. The van der Waals surface area contributed by atoms with Gasteiger partial charge in [0, 0.05) is 23.9 Å². The van der Waals surface area contributed by atoms with Crippen LogP contribution in [0.4, 0.5) is 11.4 Å². The molecular weight excluding hydrogens is 406 g/mol. The van der Waals surface area contributed by atoms with E-state index in [2.05, 4.69) is 5.32 Å². The average molecular weight is 429 g/mol. The van der Waals surface area contributed by atoms with Crippen LogP contribution in [0.1, 0.15) is 31.2 Å². The summed E-state index contributed by atoms with van der Waals surface area (Å²) in [6, 6.07) is 4.24. The largest absolute Gasteiger partial charge is 0.456 e. The van der Waals surface area contributed by atoms with Crippen LogP contribution in [0, 0.1) is 40.7 Å². The summed E-state index contributed by atoms with van der Waals surface area (Å²) in [5.41, 5.74) is 0.540. The summed E-state index contributed by atoms with van der Waals surface area (Å²) in [4.78, 5) is 60.8. The van der Waals surface area contributed by atoms with Gasteiger partial charge in [-0.3, -0.25) is 34.2 Å². The van der Waals surface area contributed by atoms with Crippen LogP contribution in [0.3, 0.4) is 0 Å². The van der Waals surface area contributed by atoms with Gasteiger partial charge in [-0.2, -0.15) is 0 Å². The van der Waals surface area contributed by atoms with Crippen LogP contribution in [-0.2, 0) is 23.9 Å². The molecule has 1 aromatic carbocycles. The number of anilines is 1. The van der Waals surface area contributed by atoms with Gasteiger partial charge in [0.15, 0.2) is 6.61 Å². The molecule has 10 heteroatoms. The van der Waals surface area contributed by atoms with Crippen LogP contribution >= 0.6 is 0 Å². The van der Waals surface area contributed by atoms with Crippen molar-refractivity contribution in [2.24, 2.45) is 23.7 Å². The Morgan fingerprint density at radius 2 is 1.84 bits per heavy atom. The summed E-state index contributed by atoms with van der Waals surface area (Å²) in [6.45, 7) is 0.964. The molecule has 0 spiro atoms. The first-order valence-corrected chi connectivity index (χ1v) is 10.3. The first kappa shape index (κ1) is 21.0. The Hall–Kier alpha value is -3.30. The van der Waals surface area contributed by atoms with E-state index in [0.29, 0.717) is 5.56 Å². The standard InChI is InChI=1S/C21H23N3O7/c1-11-2-5-14(9-15(11)24(29)30)22-16(25)10-31-17(26)6-7-23-20(27)18-12-3-4-13(8-12)19(18)21(23)28/h2,5,9,12-13,18-19H,3-4,6-8,10H2,1H3,(H,22,25)/t12-,13-,18-,19+/m0/s1. The van der Waals surface area contributed by atoms with E-state index in [1.54, 1.807) is 6.92 Å². The van der Waals surface area contributed by atoms with Gasteiger partial charge >= 0.3 is 5.97 Å². The number of aryl methyl sites for hydroxylation is 1. The fourth-order valence-electron chi connectivity index (χ4n) is 5.19. The van der Waals surface area contributed by atoms with Crippen molar-refractivity contribution in [1.82, 2.24) is 4.90 Å². The minimum absolute atomic E-state index is 0.0469. The van der Waals surface area contributed by atoms with Crippen molar-refractivity contribution in [1.29, 1.82) is 0 Å². The van der Waals surface area contributed by atoms with E-state index < -0.39 is 23.4 Å². The Labute approximate surface area is 178 Å². The molecule has 2 aliphatic carbocycles. The molecule has 1 heterocycles. The van der Waals surface area contributed by atoms with Gasteiger partial charge in [-0.15, -0.1) is 0 Å². The minimum Gasteiger partial charge on any atom is -0.456 e. The van der Waals surface area contributed by atoms with Crippen molar-refractivity contribution in [3.8, 4) is 0 Å². The SMILES string of the molecule is Cc1ccc(NC(=O)COC(=O)CCN2C(=O)[C@@H]3[C@H]4CC[C@@H](C4)[C@@H]3C2=O)cc1[N+](=O)[O-]. The molecule has 1 aromatic rings. The number of imide groups is 1. The number of esters is 1. The molecule has 0 radical (unpaired) electrons. The summed E-state index contributed by atoms with van der Waals surface area (Å²) < 4.78 is 4.92. The molecule has 0 unspecified atom stereocenters. The van der Waals surface area contributed by atoms with E-state index in [0.717, 1.165) is 19.3 Å². The topological polar surface area (TPSA) is 136 Å². The summed E-state index contributed by atoms with van der Waals surface area (Å²) >= 11 is 0. The van der Waals surface area contributed by atoms with Crippen molar-refractivity contribution in [2.45, 2.75) is 32.6 Å². The fourth-order valence-corrected chi connectivity index (χ4v) is 5.19. The van der Waals surface area contributed by atoms with Crippen LogP contribution in [0.2, 0.25) is 0 Å². The molecule has 2 bridgehead atoms. The Balaban J connectivity index is 1.24. The lowest BCUT2D eigenvalue weighted by atomic mass is 9.81. The number of hydrogen-bond donors (Lipinski definition) is 1. The molecule has 2 saturated carbocycles. The van der Waals surface area contributed by atoms with Crippen molar-refractivity contribution in [3.05, 3.63) is 33.9 Å². The molecule has 1 N–H and O–H groups in total. The van der Waals surface area contributed by atoms with Crippen molar-refractivity contribution < 1.29 is 28.8 Å². The normalized spacial score (nSPS) is 26.2. The molecule has 1 saturated heterocycles. The lowest BCUT2D eigenvalue weighted by molar-refractivity contribution is -0.385. The number of benzene rings is 1. The number of carbonyl (C=O) groups excluding carboxylic acids is 4. The number of rotatable bonds is 7. The summed E-state index contributed by atoms with van der Waals surface area (Å²) in [5, 5.41) is 13.4. The molecule has 31 heavy (non-hydrogen) atoms. The zero-order valence-electron chi connectivity index (χ0n) is 17.0. The van der Waals surface area contributed by atoms with E-state index in [9.17, 15) is 29.3 Å². The highest BCUT2D eigenvalue weighted by molar-refractivity contribution is 6.06. The molecular formula is C21H23N3O7. The third-order valence-corrected chi connectivity index (χ3v) is 6.61. The number of likely N-dealkylation sites (tertiary alicyclic amines) is 1. The maximum absolute atomic E-state index is 12.6.